The van der Waals surface area contributed by atoms with Gasteiger partial charge in [0, 0.05) is 24.5 Å². The summed E-state index contributed by atoms with van der Waals surface area (Å²) in [7, 11) is 0. The normalized spacial score (nSPS) is 12.5. The van der Waals surface area contributed by atoms with Gasteiger partial charge in [-0.1, -0.05) is 46.8 Å². The Labute approximate surface area is 127 Å². The smallest absolute Gasteiger partial charge is 0.159 e. The third kappa shape index (κ3) is 6.65. The van der Waals surface area contributed by atoms with Crippen molar-refractivity contribution < 1.29 is 9.59 Å². The van der Waals surface area contributed by atoms with Gasteiger partial charge in [-0.05, 0) is 11.8 Å². The van der Waals surface area contributed by atoms with Gasteiger partial charge in [-0.3, -0.25) is 9.59 Å². The van der Waals surface area contributed by atoms with Crippen molar-refractivity contribution in [3.63, 3.8) is 0 Å². The fraction of sp³-hybridized carbons (Fsp3) is 0.750. The minimum Gasteiger partial charge on any atom is -0.300 e. The largest absolute Gasteiger partial charge is 0.300 e. The molecule has 0 aliphatic heterocycles. The lowest BCUT2D eigenvalue weighted by Crippen LogP contribution is -2.25. The maximum Gasteiger partial charge on any atom is 0.159 e. The monoisotopic (exact) mass is 293 g/mol. The predicted octanol–water partition coefficient (Wildman–Crippen LogP) is 2.83. The molecule has 1 rings (SSSR count). The molecule has 0 atom stereocenters. The van der Waals surface area contributed by atoms with Gasteiger partial charge in [0.25, 0.3) is 0 Å². The number of aryl methyl sites for hydroxylation is 1. The second-order valence-corrected chi connectivity index (χ2v) is 7.86. The van der Waals surface area contributed by atoms with Crippen LogP contribution < -0.4 is 0 Å². The molecule has 0 saturated heterocycles. The number of Topliss-reactive ketones (excluding diaryl/α,β-unsaturated/α-hetero) is 2. The van der Waals surface area contributed by atoms with Gasteiger partial charge in [-0.15, -0.1) is 5.10 Å². The number of rotatable bonds is 6. The Morgan fingerprint density at radius 2 is 1.76 bits per heavy atom. The Morgan fingerprint density at radius 3 is 2.29 bits per heavy atom. The van der Waals surface area contributed by atoms with E-state index >= 15 is 0 Å². The predicted molar refractivity (Wildman–Crippen MR) is 81.9 cm³/mol. The second kappa shape index (κ2) is 6.50. The molecule has 0 unspecified atom stereocenters. The molecule has 0 amide bonds. The molecule has 0 bridgehead atoms. The maximum absolute atomic E-state index is 11.9. The zero-order valence-corrected chi connectivity index (χ0v) is 14.1. The first-order chi connectivity index (χ1) is 9.47. The van der Waals surface area contributed by atoms with Crippen molar-refractivity contribution in [2.45, 2.75) is 67.3 Å². The van der Waals surface area contributed by atoms with Crippen molar-refractivity contribution in [2.24, 2.45) is 10.8 Å². The summed E-state index contributed by atoms with van der Waals surface area (Å²) >= 11 is 0. The summed E-state index contributed by atoms with van der Waals surface area (Å²) in [6.07, 6.45) is 3.39. The molecule has 0 aliphatic rings. The van der Waals surface area contributed by atoms with E-state index in [1.54, 1.807) is 10.9 Å². The molecule has 118 valence electrons. The summed E-state index contributed by atoms with van der Waals surface area (Å²) in [5.74, 6) is 0.352. The van der Waals surface area contributed by atoms with Crippen LogP contribution in [0.1, 0.15) is 60.1 Å². The molecule has 0 aromatic carbocycles. The van der Waals surface area contributed by atoms with Crippen molar-refractivity contribution in [1.82, 2.24) is 15.0 Å². The Hall–Kier alpha value is -1.52. The fourth-order valence-electron chi connectivity index (χ4n) is 1.86. The van der Waals surface area contributed by atoms with Crippen molar-refractivity contribution in [3.05, 3.63) is 11.9 Å². The van der Waals surface area contributed by atoms with E-state index in [9.17, 15) is 9.59 Å². The van der Waals surface area contributed by atoms with Crippen molar-refractivity contribution in [3.8, 4) is 0 Å². The summed E-state index contributed by atoms with van der Waals surface area (Å²) in [4.78, 5) is 23.8. The highest BCUT2D eigenvalue weighted by Gasteiger charge is 2.22. The fourth-order valence-corrected chi connectivity index (χ4v) is 1.86. The van der Waals surface area contributed by atoms with E-state index in [2.05, 4.69) is 31.1 Å². The lowest BCUT2D eigenvalue weighted by molar-refractivity contribution is -0.127. The minimum absolute atomic E-state index is 0.0216. The lowest BCUT2D eigenvalue weighted by atomic mass is 9.88. The van der Waals surface area contributed by atoms with Gasteiger partial charge < -0.3 is 0 Å². The Bertz CT molecular complexity index is 504. The van der Waals surface area contributed by atoms with Crippen molar-refractivity contribution in [2.75, 3.05) is 0 Å². The second-order valence-electron chi connectivity index (χ2n) is 7.86. The third-order valence-electron chi connectivity index (χ3n) is 3.12. The van der Waals surface area contributed by atoms with Crippen LogP contribution in [0.5, 0.6) is 0 Å². The molecule has 0 fully saturated rings. The summed E-state index contributed by atoms with van der Waals surface area (Å²) < 4.78 is 1.55. The number of nitrogens with zero attached hydrogens (tertiary/aromatic N) is 3. The molecule has 0 saturated carbocycles. The lowest BCUT2D eigenvalue weighted by Gasteiger charge is -2.16. The quantitative estimate of drug-likeness (QED) is 0.809. The topological polar surface area (TPSA) is 64.8 Å². The molecular formula is C16H27N3O2. The van der Waals surface area contributed by atoms with Gasteiger partial charge in [0.2, 0.25) is 0 Å². The molecule has 1 heterocycles. The van der Waals surface area contributed by atoms with E-state index in [-0.39, 0.29) is 28.9 Å². The molecule has 0 aliphatic carbocycles. The average molecular weight is 293 g/mol. The zero-order chi connectivity index (χ0) is 16.3. The summed E-state index contributed by atoms with van der Waals surface area (Å²) in [6, 6.07) is 0. The van der Waals surface area contributed by atoms with E-state index < -0.39 is 0 Å². The molecule has 5 heteroatoms. The Morgan fingerprint density at radius 1 is 1.14 bits per heavy atom. The van der Waals surface area contributed by atoms with Gasteiger partial charge in [-0.25, -0.2) is 4.68 Å². The van der Waals surface area contributed by atoms with Crippen LogP contribution in [0.4, 0.5) is 0 Å². The third-order valence-corrected chi connectivity index (χ3v) is 3.12. The van der Waals surface area contributed by atoms with E-state index in [0.29, 0.717) is 19.3 Å². The first kappa shape index (κ1) is 17.5. The van der Waals surface area contributed by atoms with Crippen LogP contribution in [-0.4, -0.2) is 26.6 Å². The first-order valence-corrected chi connectivity index (χ1v) is 7.41. The van der Waals surface area contributed by atoms with Crippen molar-refractivity contribution in [1.29, 1.82) is 0 Å². The van der Waals surface area contributed by atoms with Crippen LogP contribution in [-0.2, 0) is 22.6 Å². The number of hydrogen-bond donors (Lipinski definition) is 0. The maximum atomic E-state index is 11.9. The van der Waals surface area contributed by atoms with Crippen LogP contribution in [0.25, 0.3) is 0 Å². The highest BCUT2D eigenvalue weighted by molar-refractivity contribution is 5.83. The molecular weight excluding hydrogens is 266 g/mol. The molecule has 1 aromatic rings. The van der Waals surface area contributed by atoms with Crippen LogP contribution in [0, 0.1) is 10.8 Å². The Balaban J connectivity index is 2.49. The molecule has 0 radical (unpaired) electrons. The molecule has 21 heavy (non-hydrogen) atoms. The molecule has 0 N–H and O–H groups in total. The number of ketones is 2. The van der Waals surface area contributed by atoms with Crippen LogP contribution >= 0.6 is 0 Å². The summed E-state index contributed by atoms with van der Waals surface area (Å²) in [6.45, 7) is 12.1. The van der Waals surface area contributed by atoms with E-state index in [0.717, 1.165) is 5.69 Å². The van der Waals surface area contributed by atoms with E-state index in [4.69, 9.17) is 0 Å². The van der Waals surface area contributed by atoms with Gasteiger partial charge in [0.05, 0.1) is 5.69 Å². The van der Waals surface area contributed by atoms with Gasteiger partial charge in [-0.2, -0.15) is 0 Å². The molecule has 1 aromatic heterocycles. The van der Waals surface area contributed by atoms with E-state index in [1.807, 2.05) is 20.8 Å². The Kier molecular flexibility index (Phi) is 5.42. The number of carbonyl (C=O) groups excluding carboxylic acids is 2. The van der Waals surface area contributed by atoms with E-state index in [1.165, 1.54) is 0 Å². The zero-order valence-electron chi connectivity index (χ0n) is 14.1. The minimum atomic E-state index is -0.380. The molecule has 5 nitrogen and oxygen atoms in total. The summed E-state index contributed by atoms with van der Waals surface area (Å²) in [5.41, 5.74) is 0.404. The van der Waals surface area contributed by atoms with Gasteiger partial charge >= 0.3 is 0 Å². The standard InChI is InChI=1S/C16H27N3O2/c1-15(2,3)9-13(20)8-7-12-10-19(18-17-12)11-14(21)16(4,5)6/h10H,7-9,11H2,1-6H3. The highest BCUT2D eigenvalue weighted by Crippen LogP contribution is 2.20. The van der Waals surface area contributed by atoms with Gasteiger partial charge in [0.15, 0.2) is 5.78 Å². The number of aromatic nitrogens is 3. The first-order valence-electron chi connectivity index (χ1n) is 7.41. The van der Waals surface area contributed by atoms with Crippen LogP contribution in [0.15, 0.2) is 6.20 Å². The SMILES string of the molecule is CC(C)(C)CC(=O)CCc1cn(CC(=O)C(C)(C)C)nn1. The highest BCUT2D eigenvalue weighted by atomic mass is 16.1. The summed E-state index contributed by atoms with van der Waals surface area (Å²) in [5, 5.41) is 7.98. The molecule has 0 spiro atoms. The number of carbonyl (C=O) groups is 2. The average Bonchev–Trinajstić information content (AvgIpc) is 2.70. The van der Waals surface area contributed by atoms with Crippen molar-refractivity contribution >= 4 is 11.6 Å². The van der Waals surface area contributed by atoms with Gasteiger partial charge in [0.1, 0.15) is 12.3 Å². The van der Waals surface area contributed by atoms with Crippen LogP contribution in [0.2, 0.25) is 0 Å². The number of hydrogen-bond acceptors (Lipinski definition) is 4. The van der Waals surface area contributed by atoms with Crippen LogP contribution in [0.3, 0.4) is 0 Å².